The van der Waals surface area contributed by atoms with E-state index in [1.807, 2.05) is 32.9 Å². The first kappa shape index (κ1) is 47.2. The van der Waals surface area contributed by atoms with E-state index < -0.39 is 104 Å². The molecule has 2 bridgehead atoms. The number of tetrazole rings is 1. The first-order valence-electron chi connectivity index (χ1n) is 27.7. The highest BCUT2D eigenvalue weighted by Crippen LogP contribution is 2.39. The molecule has 2 N–H and O–H groups in total. The van der Waals surface area contributed by atoms with Gasteiger partial charge in [-0.3, -0.25) is 14.4 Å². The van der Waals surface area contributed by atoms with Gasteiger partial charge in [0.1, 0.15) is 36.5 Å². The number of cyclic esters (lactones) is 1. The van der Waals surface area contributed by atoms with Crippen LogP contribution in [0.15, 0.2) is 66.1 Å². The van der Waals surface area contributed by atoms with Crippen molar-refractivity contribution in [2.24, 2.45) is 35.5 Å². The fourth-order valence-corrected chi connectivity index (χ4v) is 10.5. The standard InChI is InChI=1S/C53H81N5O11/c1-32-17-13-12-14-18-33(2)45(65-9)29-41-22-20-38(7)53(64,69-41)50(61)51(62)57-24-16-15-19-43(57)52(63)68-46(36(5)27-40-21-23-42(47(28-40)66-10)58-31-54-55-56-58)30-44(59)35(4)26-37(6)48(60)49(67-11)39(8)34(3)25-32/h12-14,17-18,26,31-32,34-36,38,40-43,45-49,60,64H,8,15-16,19-25,27-30H2,1-7,9-11H3/b14-12+,17-13+,33-18+,37-26+/t32-,34-,35-,36-,38-,40+,41+,42+,43+,45+,46+,47-,48-,49+,53-/m1/s1/i4D3,9D3. The topological polar surface area (TPSA) is 202 Å². The van der Waals surface area contributed by atoms with E-state index in [9.17, 15) is 29.4 Å². The van der Waals surface area contributed by atoms with Gasteiger partial charge < -0.3 is 38.8 Å². The number of allylic oxidation sites excluding steroid dienone is 6. The maximum atomic E-state index is 14.6. The molecule has 15 atom stereocenters. The van der Waals surface area contributed by atoms with Crippen molar-refractivity contribution in [1.29, 1.82) is 0 Å². The van der Waals surface area contributed by atoms with Crippen molar-refractivity contribution < 1.29 is 61.3 Å². The molecule has 1 aromatic rings. The van der Waals surface area contributed by atoms with Crippen LogP contribution in [0.5, 0.6) is 0 Å². The highest BCUT2D eigenvalue weighted by molar-refractivity contribution is 6.39. The molecule has 2 saturated heterocycles. The smallest absolute Gasteiger partial charge is 0.329 e. The van der Waals surface area contributed by atoms with Crippen molar-refractivity contribution in [2.75, 3.05) is 27.8 Å². The molecule has 16 heteroatoms. The summed E-state index contributed by atoms with van der Waals surface area (Å²) < 4.78 is 80.7. The number of carbonyl (C=O) groups excluding carboxylic acids is 4. The van der Waals surface area contributed by atoms with Crippen LogP contribution in [0.3, 0.4) is 0 Å². The zero-order chi connectivity index (χ0) is 55.6. The van der Waals surface area contributed by atoms with Gasteiger partial charge in [-0.2, -0.15) is 0 Å². The molecule has 4 aliphatic rings. The summed E-state index contributed by atoms with van der Waals surface area (Å²) in [5, 5.41) is 35.5. The SMILES string of the molecule is [2H]C([2H])([2H])O[C@H]1C[C@@H]2CC[C@@H](C)[C@@](O)(O2)C(=O)C(=O)N2CCCC[C@H]2C(=O)O[C@H]([C@H](C)C[C@@H]2CC[C@H](n3cnnn3)[C@H](OC)C2)CC(=O)[C@H](C([2H])([2H])[2H])/C=C(\C)[C@@H](O)[C@@H](OC)C(=C)[C@H](C)C[C@H](C)/C=C/C=C/C=C/1C. The summed E-state index contributed by atoms with van der Waals surface area (Å²) in [6, 6.07) is -1.44. The lowest BCUT2D eigenvalue weighted by atomic mass is 9.77. The lowest BCUT2D eigenvalue weighted by Crippen LogP contribution is -2.61. The average Bonchev–Trinajstić information content (AvgIpc) is 3.89. The third-order valence-corrected chi connectivity index (χ3v) is 15.0. The first-order chi connectivity index (χ1) is 35.2. The third-order valence-electron chi connectivity index (χ3n) is 15.0. The van der Waals surface area contributed by atoms with Gasteiger partial charge in [-0.15, -0.1) is 5.10 Å². The maximum absolute atomic E-state index is 14.6. The Morgan fingerprint density at radius 1 is 0.971 bits per heavy atom. The van der Waals surface area contributed by atoms with Crippen molar-refractivity contribution in [1.82, 2.24) is 25.1 Å². The number of nitrogens with zero attached hydrogens (tertiary/aromatic N) is 5. The Morgan fingerprint density at radius 2 is 1.75 bits per heavy atom. The van der Waals surface area contributed by atoms with Crippen molar-refractivity contribution in [3.05, 3.63) is 66.1 Å². The second-order valence-corrected chi connectivity index (χ2v) is 20.1. The fourth-order valence-electron chi connectivity index (χ4n) is 10.5. The zero-order valence-corrected chi connectivity index (χ0v) is 41.8. The van der Waals surface area contributed by atoms with E-state index in [-0.39, 0.29) is 61.3 Å². The lowest BCUT2D eigenvalue weighted by Gasteiger charge is -2.42. The number of aliphatic hydroxyl groups is 2. The number of aromatic nitrogens is 4. The number of esters is 1. The molecule has 3 fully saturated rings. The Balaban J connectivity index is 1.54. The number of fused-ring (bicyclic) bond motifs is 3. The molecule has 1 amide bonds. The molecule has 3 aliphatic heterocycles. The molecule has 16 nitrogen and oxygen atoms in total. The minimum Gasteiger partial charge on any atom is -0.460 e. The number of rotatable bonds is 7. The summed E-state index contributed by atoms with van der Waals surface area (Å²) in [7, 11) is 0.214. The Labute approximate surface area is 418 Å². The largest absolute Gasteiger partial charge is 0.460 e. The molecule has 1 aromatic heterocycles. The van der Waals surface area contributed by atoms with Crippen molar-refractivity contribution >= 4 is 23.4 Å². The van der Waals surface area contributed by atoms with Gasteiger partial charge in [0.25, 0.3) is 11.7 Å². The molecule has 69 heavy (non-hydrogen) atoms. The molecule has 0 radical (unpaired) electrons. The number of ketones is 2. The van der Waals surface area contributed by atoms with Gasteiger partial charge >= 0.3 is 5.97 Å². The number of piperidine rings is 1. The predicted molar refractivity (Wildman–Crippen MR) is 260 cm³/mol. The summed E-state index contributed by atoms with van der Waals surface area (Å²) in [5.41, 5.74) is 1.25. The van der Waals surface area contributed by atoms with Gasteiger partial charge in [-0.25, -0.2) is 9.48 Å². The second kappa shape index (κ2) is 25.8. The summed E-state index contributed by atoms with van der Waals surface area (Å²) in [6.07, 6.45) is 9.93. The van der Waals surface area contributed by atoms with E-state index in [4.69, 9.17) is 31.9 Å². The van der Waals surface area contributed by atoms with Crippen LogP contribution >= 0.6 is 0 Å². The Hall–Kier alpha value is -4.19. The van der Waals surface area contributed by atoms with Crippen LogP contribution in [-0.2, 0) is 42.9 Å². The number of amides is 1. The van der Waals surface area contributed by atoms with E-state index in [2.05, 4.69) is 22.1 Å². The predicted octanol–water partition coefficient (Wildman–Crippen LogP) is 7.03. The fraction of sp³-hybridized carbons (Fsp3) is 0.717. The average molecular weight is 970 g/mol. The van der Waals surface area contributed by atoms with Crippen LogP contribution in [0.25, 0.3) is 0 Å². The molecule has 1 saturated carbocycles. The van der Waals surface area contributed by atoms with E-state index >= 15 is 0 Å². The number of carbonyl (C=O) groups is 4. The number of Topliss-reactive ketones (excluding diaryl/α,β-unsaturated/α-hetero) is 2. The summed E-state index contributed by atoms with van der Waals surface area (Å²) >= 11 is 0. The van der Waals surface area contributed by atoms with Crippen LogP contribution in [0.4, 0.5) is 0 Å². The second-order valence-electron chi connectivity index (χ2n) is 20.1. The highest BCUT2D eigenvalue weighted by atomic mass is 16.6. The van der Waals surface area contributed by atoms with Crippen LogP contribution in [0, 0.1) is 35.5 Å². The quantitative estimate of drug-likeness (QED) is 0.160. The molecule has 4 heterocycles. The normalized spacial score (nSPS) is 40.4. The van der Waals surface area contributed by atoms with Crippen molar-refractivity contribution in [3.8, 4) is 0 Å². The number of ether oxygens (including phenoxy) is 5. The van der Waals surface area contributed by atoms with Gasteiger partial charge in [-0.1, -0.05) is 77.6 Å². The Bertz CT molecular complexity index is 2240. The minimum absolute atomic E-state index is 0.0102. The maximum Gasteiger partial charge on any atom is 0.329 e. The van der Waals surface area contributed by atoms with Crippen molar-refractivity contribution in [2.45, 2.75) is 180 Å². The lowest BCUT2D eigenvalue weighted by molar-refractivity contribution is -0.265. The molecule has 0 unspecified atom stereocenters. The number of aliphatic hydroxyl groups excluding tert-OH is 1. The monoisotopic (exact) mass is 970 g/mol. The van der Waals surface area contributed by atoms with Crippen molar-refractivity contribution in [3.63, 3.8) is 0 Å². The van der Waals surface area contributed by atoms with Gasteiger partial charge in [-0.05, 0) is 129 Å². The molecular weight excluding hydrogens is 883 g/mol. The van der Waals surface area contributed by atoms with Crippen LogP contribution in [0.1, 0.15) is 140 Å². The van der Waals surface area contributed by atoms with Gasteiger partial charge in [0.2, 0.25) is 5.79 Å². The minimum atomic E-state index is -2.89. The number of methoxy groups -OCH3 is 3. The Kier molecular flexibility index (Phi) is 17.6. The molecule has 1 aliphatic carbocycles. The summed E-state index contributed by atoms with van der Waals surface area (Å²) in [6.45, 7) is 11.9. The highest BCUT2D eigenvalue weighted by Gasteiger charge is 2.53. The number of hydrogen-bond donors (Lipinski definition) is 2. The molecular formula is C53H81N5O11. The summed E-state index contributed by atoms with van der Waals surface area (Å²) in [5.74, 6) is -10.1. The molecule has 5 rings (SSSR count). The van der Waals surface area contributed by atoms with Crippen LogP contribution < -0.4 is 0 Å². The van der Waals surface area contributed by atoms with E-state index in [1.165, 1.54) is 26.4 Å². The number of hydrogen-bond acceptors (Lipinski definition) is 14. The van der Waals surface area contributed by atoms with E-state index in [0.29, 0.717) is 62.5 Å². The van der Waals surface area contributed by atoms with E-state index in [0.717, 1.165) is 4.90 Å². The molecule has 0 spiro atoms. The van der Waals surface area contributed by atoms with Gasteiger partial charge in [0.05, 0.1) is 28.5 Å². The summed E-state index contributed by atoms with van der Waals surface area (Å²) in [4.78, 5) is 59.2. The van der Waals surface area contributed by atoms with E-state index in [1.54, 1.807) is 43.9 Å². The molecule has 384 valence electrons. The van der Waals surface area contributed by atoms with Crippen LogP contribution in [-0.4, -0.2) is 135 Å². The first-order valence-corrected chi connectivity index (χ1v) is 24.7. The molecule has 0 aromatic carbocycles. The van der Waals surface area contributed by atoms with Gasteiger partial charge in [0, 0.05) is 56.6 Å². The van der Waals surface area contributed by atoms with Crippen LogP contribution in [0.2, 0.25) is 0 Å². The third kappa shape index (κ3) is 14.2. The zero-order valence-electron chi connectivity index (χ0n) is 47.8. The Morgan fingerprint density at radius 3 is 2.45 bits per heavy atom. The van der Waals surface area contributed by atoms with Gasteiger partial charge in [0.15, 0.2) is 0 Å².